The molecule has 1 aromatic carbocycles. The monoisotopic (exact) mass is 467 g/mol. The molecule has 1 heterocycles. The second kappa shape index (κ2) is 12.2. The van der Waals surface area contributed by atoms with Gasteiger partial charge >= 0.3 is 0 Å². The molecule has 1 amide bonds. The molecule has 0 spiro atoms. The van der Waals surface area contributed by atoms with Crippen molar-refractivity contribution in [2.75, 3.05) is 18.4 Å². The SMILES string of the molecule is CCNC(=NCc1ccccc1)NCCC(=O)Nc1ccc(C)cn1.I. The Hall–Kier alpha value is -2.16. The number of pyridine rings is 1. The van der Waals surface area contributed by atoms with Crippen molar-refractivity contribution in [3.63, 3.8) is 0 Å². The van der Waals surface area contributed by atoms with Crippen LogP contribution >= 0.6 is 24.0 Å². The summed E-state index contributed by atoms with van der Waals surface area (Å²) in [4.78, 5) is 20.7. The molecule has 6 nitrogen and oxygen atoms in total. The Balaban J connectivity index is 0.00000338. The molecule has 0 fully saturated rings. The summed E-state index contributed by atoms with van der Waals surface area (Å²) in [6.07, 6.45) is 2.07. The van der Waals surface area contributed by atoms with E-state index in [1.807, 2.05) is 50.2 Å². The molecule has 2 rings (SSSR count). The summed E-state index contributed by atoms with van der Waals surface area (Å²) in [7, 11) is 0. The van der Waals surface area contributed by atoms with Gasteiger partial charge in [-0.05, 0) is 31.0 Å². The molecule has 0 radical (unpaired) electrons. The van der Waals surface area contributed by atoms with Crippen molar-refractivity contribution in [3.05, 3.63) is 59.8 Å². The molecule has 1 aromatic heterocycles. The van der Waals surface area contributed by atoms with Crippen LogP contribution in [0, 0.1) is 6.92 Å². The summed E-state index contributed by atoms with van der Waals surface area (Å²) < 4.78 is 0. The summed E-state index contributed by atoms with van der Waals surface area (Å²) in [6.45, 7) is 5.82. The van der Waals surface area contributed by atoms with Crippen LogP contribution in [-0.2, 0) is 11.3 Å². The Morgan fingerprint density at radius 2 is 1.88 bits per heavy atom. The lowest BCUT2D eigenvalue weighted by atomic mass is 10.2. The standard InChI is InChI=1S/C19H25N5O.HI/c1-3-20-19(23-14-16-7-5-4-6-8-16)21-12-11-18(25)24-17-10-9-15(2)13-22-17;/h4-10,13H,3,11-12,14H2,1-2H3,(H2,20,21,23)(H,22,24,25);1H. The maximum atomic E-state index is 12.0. The summed E-state index contributed by atoms with van der Waals surface area (Å²) in [5, 5.41) is 9.13. The van der Waals surface area contributed by atoms with E-state index in [9.17, 15) is 4.79 Å². The van der Waals surface area contributed by atoms with Crippen molar-refractivity contribution in [3.8, 4) is 0 Å². The number of carbonyl (C=O) groups is 1. The largest absolute Gasteiger partial charge is 0.357 e. The highest BCUT2D eigenvalue weighted by Gasteiger charge is 2.04. The third-order valence-corrected chi connectivity index (χ3v) is 3.43. The zero-order valence-corrected chi connectivity index (χ0v) is 17.5. The fraction of sp³-hybridized carbons (Fsp3) is 0.316. The first-order valence-corrected chi connectivity index (χ1v) is 8.46. The molecule has 140 valence electrons. The van der Waals surface area contributed by atoms with E-state index < -0.39 is 0 Å². The molecule has 0 bridgehead atoms. The lowest BCUT2D eigenvalue weighted by molar-refractivity contribution is -0.116. The quantitative estimate of drug-likeness (QED) is 0.332. The number of nitrogens with one attached hydrogen (secondary N) is 3. The zero-order chi connectivity index (χ0) is 17.9. The minimum atomic E-state index is -0.0808. The molecular weight excluding hydrogens is 441 g/mol. The van der Waals surface area contributed by atoms with E-state index in [-0.39, 0.29) is 29.9 Å². The maximum Gasteiger partial charge on any atom is 0.227 e. The van der Waals surface area contributed by atoms with Gasteiger partial charge in [-0.3, -0.25) is 4.79 Å². The van der Waals surface area contributed by atoms with E-state index in [0.29, 0.717) is 31.3 Å². The number of anilines is 1. The van der Waals surface area contributed by atoms with Gasteiger partial charge in [-0.15, -0.1) is 24.0 Å². The van der Waals surface area contributed by atoms with Gasteiger partial charge in [0.15, 0.2) is 5.96 Å². The molecule has 0 saturated carbocycles. The van der Waals surface area contributed by atoms with E-state index in [1.54, 1.807) is 12.3 Å². The third-order valence-electron chi connectivity index (χ3n) is 3.43. The Labute approximate surface area is 171 Å². The molecule has 0 aliphatic rings. The van der Waals surface area contributed by atoms with Gasteiger partial charge in [0.05, 0.1) is 6.54 Å². The highest BCUT2D eigenvalue weighted by Crippen LogP contribution is 2.04. The van der Waals surface area contributed by atoms with Gasteiger partial charge in [-0.2, -0.15) is 0 Å². The predicted molar refractivity (Wildman–Crippen MR) is 117 cm³/mol. The normalized spacial score (nSPS) is 10.6. The number of benzene rings is 1. The first-order valence-electron chi connectivity index (χ1n) is 8.46. The summed E-state index contributed by atoms with van der Waals surface area (Å²) >= 11 is 0. The van der Waals surface area contributed by atoms with Crippen LogP contribution in [0.1, 0.15) is 24.5 Å². The fourth-order valence-corrected chi connectivity index (χ4v) is 2.14. The first kappa shape index (κ1) is 21.9. The van der Waals surface area contributed by atoms with Crippen LogP contribution in [0.4, 0.5) is 5.82 Å². The number of aliphatic imine (C=N–C) groups is 1. The number of aryl methyl sites for hydroxylation is 1. The van der Waals surface area contributed by atoms with E-state index in [2.05, 4.69) is 25.9 Å². The Kier molecular flexibility index (Phi) is 10.3. The van der Waals surface area contributed by atoms with Crippen LogP contribution in [0.5, 0.6) is 0 Å². The number of guanidine groups is 1. The van der Waals surface area contributed by atoms with Crippen LogP contribution < -0.4 is 16.0 Å². The van der Waals surface area contributed by atoms with Crippen molar-refractivity contribution in [1.29, 1.82) is 0 Å². The summed E-state index contributed by atoms with van der Waals surface area (Å²) in [5.74, 6) is 1.19. The van der Waals surface area contributed by atoms with Gasteiger partial charge in [0.1, 0.15) is 5.82 Å². The van der Waals surface area contributed by atoms with Crippen LogP contribution in [0.2, 0.25) is 0 Å². The van der Waals surface area contributed by atoms with Crippen molar-refractivity contribution in [2.24, 2.45) is 4.99 Å². The second-order valence-corrected chi connectivity index (χ2v) is 5.63. The van der Waals surface area contributed by atoms with E-state index in [1.165, 1.54) is 0 Å². The minimum Gasteiger partial charge on any atom is -0.357 e. The highest BCUT2D eigenvalue weighted by atomic mass is 127. The van der Waals surface area contributed by atoms with Crippen LogP contribution in [-0.4, -0.2) is 29.9 Å². The van der Waals surface area contributed by atoms with Crippen molar-refractivity contribution in [2.45, 2.75) is 26.8 Å². The molecule has 0 unspecified atom stereocenters. The molecule has 0 aliphatic carbocycles. The number of aromatic nitrogens is 1. The van der Waals surface area contributed by atoms with E-state index in [0.717, 1.165) is 17.7 Å². The maximum absolute atomic E-state index is 12.0. The van der Waals surface area contributed by atoms with Crippen molar-refractivity contribution >= 4 is 41.7 Å². The number of nitrogens with zero attached hydrogens (tertiary/aromatic N) is 2. The smallest absolute Gasteiger partial charge is 0.227 e. The molecule has 0 saturated heterocycles. The highest BCUT2D eigenvalue weighted by molar-refractivity contribution is 14.0. The summed E-state index contributed by atoms with van der Waals surface area (Å²) in [5.41, 5.74) is 2.20. The predicted octanol–water partition coefficient (Wildman–Crippen LogP) is 3.09. The van der Waals surface area contributed by atoms with Gasteiger partial charge < -0.3 is 16.0 Å². The van der Waals surface area contributed by atoms with Gasteiger partial charge in [0, 0.05) is 25.7 Å². The van der Waals surface area contributed by atoms with Crippen molar-refractivity contribution < 1.29 is 4.79 Å². The van der Waals surface area contributed by atoms with Gasteiger partial charge in [0.2, 0.25) is 5.91 Å². The van der Waals surface area contributed by atoms with Gasteiger partial charge in [0.25, 0.3) is 0 Å². The molecule has 2 aromatic rings. The molecular formula is C19H26IN5O. The second-order valence-electron chi connectivity index (χ2n) is 5.63. The number of amides is 1. The topological polar surface area (TPSA) is 78.4 Å². The van der Waals surface area contributed by atoms with E-state index >= 15 is 0 Å². The number of hydrogen-bond acceptors (Lipinski definition) is 3. The van der Waals surface area contributed by atoms with E-state index in [4.69, 9.17) is 0 Å². The average Bonchev–Trinajstić information content (AvgIpc) is 2.62. The van der Waals surface area contributed by atoms with Crippen molar-refractivity contribution in [1.82, 2.24) is 15.6 Å². The lowest BCUT2D eigenvalue weighted by Gasteiger charge is -2.11. The third kappa shape index (κ3) is 8.28. The Morgan fingerprint density at radius 3 is 2.54 bits per heavy atom. The number of hydrogen-bond donors (Lipinski definition) is 3. The molecule has 0 aliphatic heterocycles. The lowest BCUT2D eigenvalue weighted by Crippen LogP contribution is -2.38. The van der Waals surface area contributed by atoms with Gasteiger partial charge in [-0.25, -0.2) is 9.98 Å². The molecule has 0 atom stereocenters. The number of halogens is 1. The Morgan fingerprint density at radius 1 is 1.12 bits per heavy atom. The van der Waals surface area contributed by atoms with Gasteiger partial charge in [-0.1, -0.05) is 36.4 Å². The van der Waals surface area contributed by atoms with Crippen LogP contribution in [0.25, 0.3) is 0 Å². The van der Waals surface area contributed by atoms with Crippen LogP contribution in [0.3, 0.4) is 0 Å². The zero-order valence-electron chi connectivity index (χ0n) is 15.2. The summed E-state index contributed by atoms with van der Waals surface area (Å²) in [6, 6.07) is 13.8. The molecule has 26 heavy (non-hydrogen) atoms. The number of carbonyl (C=O) groups excluding carboxylic acids is 1. The minimum absolute atomic E-state index is 0. The molecule has 7 heteroatoms. The van der Waals surface area contributed by atoms with Crippen LogP contribution in [0.15, 0.2) is 53.7 Å². The average molecular weight is 467 g/mol. The number of rotatable bonds is 7. The Bertz CT molecular complexity index is 689. The molecule has 3 N–H and O–H groups in total. The first-order chi connectivity index (χ1) is 12.2. The fourth-order valence-electron chi connectivity index (χ4n) is 2.14.